The number of fused-ring (bicyclic) bond motifs is 2. The van der Waals surface area contributed by atoms with Crippen LogP contribution in [0.5, 0.6) is 5.75 Å². The Balaban J connectivity index is 1.97. The molecule has 2 N–H and O–H groups in total. The van der Waals surface area contributed by atoms with Gasteiger partial charge in [0.1, 0.15) is 23.9 Å². The lowest BCUT2D eigenvalue weighted by Crippen LogP contribution is -2.14. The summed E-state index contributed by atoms with van der Waals surface area (Å²) in [5.74, 6) is 1.28. The van der Waals surface area contributed by atoms with Gasteiger partial charge in [0.15, 0.2) is 0 Å². The molecule has 102 valence electrons. The summed E-state index contributed by atoms with van der Waals surface area (Å²) in [4.78, 5) is 4.36. The van der Waals surface area contributed by atoms with Gasteiger partial charge in [0.25, 0.3) is 0 Å². The van der Waals surface area contributed by atoms with E-state index in [9.17, 15) is 5.26 Å². The molecule has 3 aromatic rings. The highest BCUT2D eigenvalue weighted by Gasteiger charge is 2.28. The number of ether oxygens (including phenoxy) is 1. The monoisotopic (exact) mass is 276 g/mol. The second kappa shape index (κ2) is 4.25. The van der Waals surface area contributed by atoms with E-state index < -0.39 is 0 Å². The van der Waals surface area contributed by atoms with E-state index in [1.807, 2.05) is 41.0 Å². The molecule has 1 unspecified atom stereocenters. The van der Waals surface area contributed by atoms with Crippen LogP contribution >= 0.6 is 0 Å². The minimum Gasteiger partial charge on any atom is -0.491 e. The fourth-order valence-corrected chi connectivity index (χ4v) is 2.91. The number of imidazole rings is 1. The van der Waals surface area contributed by atoms with Crippen LogP contribution in [-0.4, -0.2) is 16.2 Å². The Hall–Kier alpha value is -3.00. The lowest BCUT2D eigenvalue weighted by atomic mass is 10.1. The van der Waals surface area contributed by atoms with Crippen LogP contribution in [0.4, 0.5) is 5.95 Å². The van der Waals surface area contributed by atoms with Gasteiger partial charge in [-0.2, -0.15) is 5.26 Å². The van der Waals surface area contributed by atoms with E-state index in [1.165, 1.54) is 0 Å². The summed E-state index contributed by atoms with van der Waals surface area (Å²) in [6.07, 6.45) is 0. The first-order valence-electron chi connectivity index (χ1n) is 6.68. The Kier molecular flexibility index (Phi) is 2.39. The maximum absolute atomic E-state index is 9.19. The van der Waals surface area contributed by atoms with Crippen molar-refractivity contribution in [2.75, 3.05) is 12.3 Å². The molecule has 1 atom stereocenters. The van der Waals surface area contributed by atoms with Gasteiger partial charge < -0.3 is 10.5 Å². The molecule has 0 saturated carbocycles. The standard InChI is InChI=1S/C16H12N4O/c17-8-10-4-3-6-12-15(10)19-16(18)20(12)13-9-21-14-7-2-1-5-11(13)14/h1-7,13H,9H2,(H2,18,19). The molecule has 1 aromatic heterocycles. The zero-order valence-electron chi connectivity index (χ0n) is 11.2. The van der Waals surface area contributed by atoms with Crippen LogP contribution in [-0.2, 0) is 0 Å². The molecule has 5 nitrogen and oxygen atoms in total. The van der Waals surface area contributed by atoms with Crippen molar-refractivity contribution in [2.24, 2.45) is 0 Å². The number of anilines is 1. The molecule has 1 aliphatic rings. The number of hydrogen-bond acceptors (Lipinski definition) is 4. The van der Waals surface area contributed by atoms with Crippen LogP contribution < -0.4 is 10.5 Å². The van der Waals surface area contributed by atoms with Crippen molar-refractivity contribution in [1.29, 1.82) is 5.26 Å². The molecule has 0 bridgehead atoms. The highest BCUT2D eigenvalue weighted by Crippen LogP contribution is 2.38. The lowest BCUT2D eigenvalue weighted by molar-refractivity contribution is 0.320. The Morgan fingerprint density at radius 2 is 2.10 bits per heavy atom. The van der Waals surface area contributed by atoms with E-state index in [0.717, 1.165) is 16.8 Å². The van der Waals surface area contributed by atoms with Gasteiger partial charge >= 0.3 is 0 Å². The van der Waals surface area contributed by atoms with Gasteiger partial charge in [0, 0.05) is 5.56 Å². The van der Waals surface area contributed by atoms with Gasteiger partial charge in [0.2, 0.25) is 5.95 Å². The second-order valence-electron chi connectivity index (χ2n) is 4.99. The minimum absolute atomic E-state index is 0.0138. The van der Waals surface area contributed by atoms with Crippen LogP contribution in [0.3, 0.4) is 0 Å². The van der Waals surface area contributed by atoms with Crippen LogP contribution in [0.1, 0.15) is 17.2 Å². The summed E-state index contributed by atoms with van der Waals surface area (Å²) < 4.78 is 7.67. The van der Waals surface area contributed by atoms with Gasteiger partial charge in [-0.1, -0.05) is 24.3 Å². The third-order valence-electron chi connectivity index (χ3n) is 3.85. The molecule has 4 rings (SSSR count). The second-order valence-corrected chi connectivity index (χ2v) is 4.99. The molecule has 0 fully saturated rings. The van der Waals surface area contributed by atoms with Gasteiger partial charge in [-0.15, -0.1) is 0 Å². The highest BCUT2D eigenvalue weighted by atomic mass is 16.5. The molecule has 0 amide bonds. The average molecular weight is 276 g/mol. The van der Waals surface area contributed by atoms with Crippen LogP contribution in [0.25, 0.3) is 11.0 Å². The first-order chi connectivity index (χ1) is 10.3. The van der Waals surface area contributed by atoms with Crippen LogP contribution in [0.15, 0.2) is 42.5 Å². The first-order valence-corrected chi connectivity index (χ1v) is 6.68. The SMILES string of the molecule is N#Cc1cccc2c1nc(N)n2C1COc2ccccc21. The summed E-state index contributed by atoms with van der Waals surface area (Å²) in [5, 5.41) is 9.19. The number of rotatable bonds is 1. The summed E-state index contributed by atoms with van der Waals surface area (Å²) in [5.41, 5.74) is 9.22. The molecule has 0 spiro atoms. The maximum Gasteiger partial charge on any atom is 0.201 e. The Labute approximate surface area is 121 Å². The Bertz CT molecular complexity index is 891. The van der Waals surface area contributed by atoms with E-state index in [4.69, 9.17) is 10.5 Å². The summed E-state index contributed by atoms with van der Waals surface area (Å²) in [7, 11) is 0. The molecule has 0 saturated heterocycles. The van der Waals surface area contributed by atoms with E-state index in [2.05, 4.69) is 11.1 Å². The number of benzene rings is 2. The number of hydrogen-bond donors (Lipinski definition) is 1. The minimum atomic E-state index is -0.0138. The maximum atomic E-state index is 9.19. The fourth-order valence-electron chi connectivity index (χ4n) is 2.91. The van der Waals surface area contributed by atoms with Crippen LogP contribution in [0, 0.1) is 11.3 Å². The van der Waals surface area contributed by atoms with Crippen molar-refractivity contribution in [1.82, 2.24) is 9.55 Å². The summed E-state index contributed by atoms with van der Waals surface area (Å²) in [6.45, 7) is 0.520. The van der Waals surface area contributed by atoms with E-state index in [-0.39, 0.29) is 6.04 Å². The van der Waals surface area contributed by atoms with E-state index in [1.54, 1.807) is 6.07 Å². The van der Waals surface area contributed by atoms with Crippen molar-refractivity contribution in [3.05, 3.63) is 53.6 Å². The molecule has 1 aliphatic heterocycles. The van der Waals surface area contributed by atoms with Gasteiger partial charge in [-0.05, 0) is 18.2 Å². The van der Waals surface area contributed by atoms with E-state index >= 15 is 0 Å². The van der Waals surface area contributed by atoms with Gasteiger partial charge in [-0.3, -0.25) is 4.57 Å². The average Bonchev–Trinajstić information content (AvgIpc) is 3.06. The normalized spacial score (nSPS) is 16.4. The predicted octanol–water partition coefficient (Wildman–Crippen LogP) is 2.47. The number of nitrogen functional groups attached to an aromatic ring is 1. The fraction of sp³-hybridized carbons (Fsp3) is 0.125. The third-order valence-corrected chi connectivity index (χ3v) is 3.85. The predicted molar refractivity (Wildman–Crippen MR) is 78.9 cm³/mol. The Morgan fingerprint density at radius 1 is 1.24 bits per heavy atom. The molecule has 0 radical (unpaired) electrons. The first kappa shape index (κ1) is 11.8. The molecule has 0 aliphatic carbocycles. The van der Waals surface area contributed by atoms with Gasteiger partial charge in [-0.25, -0.2) is 4.98 Å². The van der Waals surface area contributed by atoms with Crippen molar-refractivity contribution in [3.8, 4) is 11.8 Å². The molecular weight excluding hydrogens is 264 g/mol. The van der Waals surface area contributed by atoms with Crippen molar-refractivity contribution < 1.29 is 4.74 Å². The van der Waals surface area contributed by atoms with Crippen molar-refractivity contribution >= 4 is 17.0 Å². The van der Waals surface area contributed by atoms with Gasteiger partial charge in [0.05, 0.1) is 17.1 Å². The van der Waals surface area contributed by atoms with Crippen LogP contribution in [0.2, 0.25) is 0 Å². The third kappa shape index (κ3) is 1.59. The number of nitriles is 1. The number of aromatic nitrogens is 2. The largest absolute Gasteiger partial charge is 0.491 e. The summed E-state index contributed by atoms with van der Waals surface area (Å²) in [6, 6.07) is 15.6. The Morgan fingerprint density at radius 3 is 2.95 bits per heavy atom. The number of para-hydroxylation sites is 2. The van der Waals surface area contributed by atoms with E-state index in [0.29, 0.717) is 23.6 Å². The smallest absolute Gasteiger partial charge is 0.201 e. The zero-order valence-corrected chi connectivity index (χ0v) is 11.2. The topological polar surface area (TPSA) is 76.9 Å². The zero-order chi connectivity index (χ0) is 14.4. The highest BCUT2D eigenvalue weighted by molar-refractivity contribution is 5.84. The lowest BCUT2D eigenvalue weighted by Gasteiger charge is -2.13. The molecule has 21 heavy (non-hydrogen) atoms. The van der Waals surface area contributed by atoms with Crippen molar-refractivity contribution in [3.63, 3.8) is 0 Å². The molecule has 2 aromatic carbocycles. The number of nitrogens with zero attached hydrogens (tertiary/aromatic N) is 3. The quantitative estimate of drug-likeness (QED) is 0.740. The molecule has 5 heteroatoms. The molecular formula is C16H12N4O. The summed E-state index contributed by atoms with van der Waals surface area (Å²) >= 11 is 0. The molecule has 2 heterocycles. The number of nitrogens with two attached hydrogens (primary N) is 1. The van der Waals surface area contributed by atoms with Crippen molar-refractivity contribution in [2.45, 2.75) is 6.04 Å².